The van der Waals surface area contributed by atoms with Gasteiger partial charge in [-0.25, -0.2) is 4.79 Å². The molecule has 4 nitrogen and oxygen atoms in total. The Kier molecular flexibility index (Phi) is 5.36. The van der Waals surface area contributed by atoms with Crippen LogP contribution < -0.4 is 16.4 Å². The molecule has 0 heterocycles. The molecule has 1 aromatic carbocycles. The minimum Gasteiger partial charge on any atom is -0.336 e. The Balaban J connectivity index is 2.25. The van der Waals surface area contributed by atoms with Crippen LogP contribution in [0.3, 0.4) is 0 Å². The minimum absolute atomic E-state index is 0.112. The van der Waals surface area contributed by atoms with Crippen LogP contribution >= 0.6 is 0 Å². The first kappa shape index (κ1) is 12.5. The van der Waals surface area contributed by atoms with Crippen molar-refractivity contribution in [1.29, 1.82) is 0 Å². The van der Waals surface area contributed by atoms with Crippen LogP contribution in [0.2, 0.25) is 0 Å². The van der Waals surface area contributed by atoms with E-state index in [9.17, 15) is 4.79 Å². The Morgan fingerprint density at radius 2 is 2.06 bits per heavy atom. The number of rotatable bonds is 5. The molecule has 4 heteroatoms. The molecular formula is C12H19N3O. The fourth-order valence-corrected chi connectivity index (χ4v) is 1.38. The molecular weight excluding hydrogens is 202 g/mol. The molecule has 0 aliphatic carbocycles. The predicted octanol–water partition coefficient (Wildman–Crippen LogP) is 1.22. The molecule has 0 aliphatic heterocycles. The van der Waals surface area contributed by atoms with Gasteiger partial charge in [-0.05, 0) is 25.5 Å². The molecule has 0 aliphatic rings. The van der Waals surface area contributed by atoms with E-state index >= 15 is 0 Å². The maximum Gasteiger partial charge on any atom is 0.315 e. The Morgan fingerprint density at radius 3 is 2.69 bits per heavy atom. The number of amides is 2. The first-order valence-corrected chi connectivity index (χ1v) is 5.50. The highest BCUT2D eigenvalue weighted by atomic mass is 16.2. The summed E-state index contributed by atoms with van der Waals surface area (Å²) in [4.78, 5) is 11.4. The molecule has 1 unspecified atom stereocenters. The van der Waals surface area contributed by atoms with Crippen LogP contribution in [-0.2, 0) is 6.54 Å². The molecule has 0 radical (unpaired) electrons. The molecule has 0 aromatic heterocycles. The molecule has 0 saturated carbocycles. The van der Waals surface area contributed by atoms with Crippen molar-refractivity contribution >= 4 is 6.03 Å². The van der Waals surface area contributed by atoms with Gasteiger partial charge in [0.15, 0.2) is 0 Å². The average Bonchev–Trinajstić information content (AvgIpc) is 2.28. The van der Waals surface area contributed by atoms with Crippen LogP contribution in [0.1, 0.15) is 18.9 Å². The maximum atomic E-state index is 11.4. The monoisotopic (exact) mass is 221 g/mol. The predicted molar refractivity (Wildman–Crippen MR) is 64.9 cm³/mol. The second kappa shape index (κ2) is 6.85. The summed E-state index contributed by atoms with van der Waals surface area (Å²) in [5, 5.41) is 5.62. The molecule has 0 bridgehead atoms. The lowest BCUT2D eigenvalue weighted by Crippen LogP contribution is -2.41. The minimum atomic E-state index is -0.148. The van der Waals surface area contributed by atoms with Crippen molar-refractivity contribution in [3.63, 3.8) is 0 Å². The van der Waals surface area contributed by atoms with Gasteiger partial charge >= 0.3 is 6.03 Å². The number of nitrogens with two attached hydrogens (primary N) is 1. The highest BCUT2D eigenvalue weighted by Crippen LogP contribution is 1.97. The van der Waals surface area contributed by atoms with Gasteiger partial charge in [-0.2, -0.15) is 0 Å². The number of nitrogens with one attached hydrogen (secondary N) is 2. The first-order valence-electron chi connectivity index (χ1n) is 5.50. The molecule has 4 N–H and O–H groups in total. The Morgan fingerprint density at radius 1 is 1.38 bits per heavy atom. The van der Waals surface area contributed by atoms with Gasteiger partial charge in [0, 0.05) is 12.6 Å². The van der Waals surface area contributed by atoms with E-state index in [1.807, 2.05) is 37.3 Å². The number of carbonyl (C=O) groups excluding carboxylic acids is 1. The first-order chi connectivity index (χ1) is 7.72. The van der Waals surface area contributed by atoms with Gasteiger partial charge in [0.05, 0.1) is 0 Å². The van der Waals surface area contributed by atoms with Crippen molar-refractivity contribution in [2.75, 3.05) is 6.54 Å². The fraction of sp³-hybridized carbons (Fsp3) is 0.417. The van der Waals surface area contributed by atoms with Crippen LogP contribution in [-0.4, -0.2) is 18.6 Å². The standard InChI is InChI=1S/C12H19N3O/c1-10(7-8-13)15-12(16)14-9-11-5-3-2-4-6-11/h2-6,10H,7-9,13H2,1H3,(H2,14,15,16). The van der Waals surface area contributed by atoms with Crippen LogP contribution in [0.5, 0.6) is 0 Å². The zero-order chi connectivity index (χ0) is 11.8. The van der Waals surface area contributed by atoms with Crippen molar-refractivity contribution in [1.82, 2.24) is 10.6 Å². The Hall–Kier alpha value is -1.55. The van der Waals surface area contributed by atoms with Crippen molar-refractivity contribution in [2.45, 2.75) is 25.9 Å². The van der Waals surface area contributed by atoms with Crippen molar-refractivity contribution in [3.05, 3.63) is 35.9 Å². The topological polar surface area (TPSA) is 67.1 Å². The summed E-state index contributed by atoms with van der Waals surface area (Å²) in [6.45, 7) is 3.07. The zero-order valence-electron chi connectivity index (χ0n) is 9.57. The van der Waals surface area contributed by atoms with Gasteiger partial charge in [0.2, 0.25) is 0 Å². The second-order valence-electron chi connectivity index (χ2n) is 3.79. The number of hydrogen-bond donors (Lipinski definition) is 3. The summed E-state index contributed by atoms with van der Waals surface area (Å²) in [5.74, 6) is 0. The molecule has 0 spiro atoms. The summed E-state index contributed by atoms with van der Waals surface area (Å²) in [6.07, 6.45) is 0.790. The lowest BCUT2D eigenvalue weighted by molar-refractivity contribution is 0.237. The summed E-state index contributed by atoms with van der Waals surface area (Å²) in [7, 11) is 0. The zero-order valence-corrected chi connectivity index (χ0v) is 9.57. The van der Waals surface area contributed by atoms with E-state index in [1.165, 1.54) is 0 Å². The third kappa shape index (κ3) is 4.79. The SMILES string of the molecule is CC(CCN)NC(=O)NCc1ccccc1. The second-order valence-corrected chi connectivity index (χ2v) is 3.79. The lowest BCUT2D eigenvalue weighted by Gasteiger charge is -2.13. The normalized spacial score (nSPS) is 11.9. The molecule has 0 saturated heterocycles. The highest BCUT2D eigenvalue weighted by molar-refractivity contribution is 5.74. The molecule has 88 valence electrons. The lowest BCUT2D eigenvalue weighted by atomic mass is 10.2. The average molecular weight is 221 g/mol. The number of benzene rings is 1. The van der Waals surface area contributed by atoms with Gasteiger partial charge in [0.25, 0.3) is 0 Å². The largest absolute Gasteiger partial charge is 0.336 e. The maximum absolute atomic E-state index is 11.4. The number of hydrogen-bond acceptors (Lipinski definition) is 2. The summed E-state index contributed by atoms with van der Waals surface area (Å²) in [5.41, 5.74) is 6.49. The summed E-state index contributed by atoms with van der Waals surface area (Å²) >= 11 is 0. The third-order valence-electron chi connectivity index (χ3n) is 2.27. The van der Waals surface area contributed by atoms with Gasteiger partial charge in [0.1, 0.15) is 0 Å². The van der Waals surface area contributed by atoms with Crippen LogP contribution in [0.15, 0.2) is 30.3 Å². The van der Waals surface area contributed by atoms with Gasteiger partial charge < -0.3 is 16.4 Å². The number of urea groups is 1. The van der Waals surface area contributed by atoms with Crippen LogP contribution in [0, 0.1) is 0 Å². The van der Waals surface area contributed by atoms with Crippen molar-refractivity contribution < 1.29 is 4.79 Å². The molecule has 0 fully saturated rings. The van der Waals surface area contributed by atoms with Gasteiger partial charge in [-0.15, -0.1) is 0 Å². The fourth-order valence-electron chi connectivity index (χ4n) is 1.38. The van der Waals surface area contributed by atoms with E-state index in [0.29, 0.717) is 13.1 Å². The molecule has 1 atom stereocenters. The smallest absolute Gasteiger partial charge is 0.315 e. The summed E-state index contributed by atoms with van der Waals surface area (Å²) < 4.78 is 0. The van der Waals surface area contributed by atoms with Crippen LogP contribution in [0.25, 0.3) is 0 Å². The van der Waals surface area contributed by atoms with E-state index in [-0.39, 0.29) is 12.1 Å². The molecule has 2 amide bonds. The van der Waals surface area contributed by atoms with Gasteiger partial charge in [-0.3, -0.25) is 0 Å². The molecule has 16 heavy (non-hydrogen) atoms. The molecule has 1 aromatic rings. The quantitative estimate of drug-likeness (QED) is 0.700. The van der Waals surface area contributed by atoms with Gasteiger partial charge in [-0.1, -0.05) is 30.3 Å². The molecule has 1 rings (SSSR count). The van der Waals surface area contributed by atoms with Crippen molar-refractivity contribution in [3.8, 4) is 0 Å². The van der Waals surface area contributed by atoms with E-state index < -0.39 is 0 Å². The Labute approximate surface area is 96.2 Å². The highest BCUT2D eigenvalue weighted by Gasteiger charge is 2.05. The van der Waals surface area contributed by atoms with E-state index in [0.717, 1.165) is 12.0 Å². The number of carbonyl (C=O) groups is 1. The van der Waals surface area contributed by atoms with E-state index in [1.54, 1.807) is 0 Å². The third-order valence-corrected chi connectivity index (χ3v) is 2.27. The van der Waals surface area contributed by atoms with Crippen LogP contribution in [0.4, 0.5) is 4.79 Å². The van der Waals surface area contributed by atoms with E-state index in [2.05, 4.69) is 10.6 Å². The van der Waals surface area contributed by atoms with E-state index in [4.69, 9.17) is 5.73 Å². The van der Waals surface area contributed by atoms with Crippen molar-refractivity contribution in [2.24, 2.45) is 5.73 Å². The summed E-state index contributed by atoms with van der Waals surface area (Å²) in [6, 6.07) is 9.77. The Bertz CT molecular complexity index is 313.